The second-order valence-corrected chi connectivity index (χ2v) is 3.46. The van der Waals surface area contributed by atoms with Crippen molar-refractivity contribution in [2.45, 2.75) is 12.8 Å². The molecule has 0 unspecified atom stereocenters. The van der Waals surface area contributed by atoms with E-state index in [2.05, 4.69) is 15.4 Å². The van der Waals surface area contributed by atoms with Gasteiger partial charge in [0.1, 0.15) is 5.78 Å². The zero-order valence-electron chi connectivity index (χ0n) is 8.77. The number of carbonyl (C=O) groups excluding carboxylic acids is 1. The fourth-order valence-corrected chi connectivity index (χ4v) is 1.01. The van der Waals surface area contributed by atoms with Crippen LogP contribution in [0.1, 0.15) is 12.2 Å². The van der Waals surface area contributed by atoms with E-state index in [0.717, 1.165) is 6.54 Å². The molecule has 1 heterocycles. The Bertz CT molecular complexity index is 306. The van der Waals surface area contributed by atoms with Crippen molar-refractivity contribution < 1.29 is 4.79 Å². The molecule has 0 radical (unpaired) electrons. The molecule has 0 atom stereocenters. The van der Waals surface area contributed by atoms with Crippen LogP contribution >= 0.6 is 0 Å². The minimum Gasteiger partial charge on any atom is -0.309 e. The predicted octanol–water partition coefficient (Wildman–Crippen LogP) is -0.727. The Labute approximate surface area is 82.9 Å². The molecule has 0 bridgehead atoms. The molecular weight excluding hydrogens is 182 g/mol. The van der Waals surface area contributed by atoms with E-state index in [0.29, 0.717) is 12.2 Å². The predicted molar refractivity (Wildman–Crippen MR) is 50.7 cm³/mol. The SMILES string of the molecule is CN(C)CCC(=O)Cc1nnn(C)n1. The van der Waals surface area contributed by atoms with Gasteiger partial charge in [0, 0.05) is 13.0 Å². The second kappa shape index (κ2) is 4.80. The minimum atomic E-state index is 0.145. The first-order chi connectivity index (χ1) is 6.58. The van der Waals surface area contributed by atoms with Crippen LogP contribution in [-0.2, 0) is 18.3 Å². The maximum absolute atomic E-state index is 11.4. The van der Waals surface area contributed by atoms with E-state index in [1.807, 2.05) is 19.0 Å². The normalized spacial score (nSPS) is 10.9. The van der Waals surface area contributed by atoms with Crippen LogP contribution in [-0.4, -0.2) is 51.5 Å². The van der Waals surface area contributed by atoms with Gasteiger partial charge in [-0.3, -0.25) is 4.79 Å². The van der Waals surface area contributed by atoms with E-state index in [-0.39, 0.29) is 12.2 Å². The van der Waals surface area contributed by atoms with Gasteiger partial charge in [-0.2, -0.15) is 4.80 Å². The van der Waals surface area contributed by atoms with Gasteiger partial charge in [-0.15, -0.1) is 10.2 Å². The van der Waals surface area contributed by atoms with Gasteiger partial charge in [-0.25, -0.2) is 0 Å². The van der Waals surface area contributed by atoms with Crippen LogP contribution in [0.3, 0.4) is 0 Å². The van der Waals surface area contributed by atoms with Gasteiger partial charge in [-0.1, -0.05) is 0 Å². The van der Waals surface area contributed by atoms with Crippen molar-refractivity contribution in [3.63, 3.8) is 0 Å². The number of carbonyl (C=O) groups is 1. The summed E-state index contributed by atoms with van der Waals surface area (Å²) in [5.41, 5.74) is 0. The lowest BCUT2D eigenvalue weighted by Crippen LogP contribution is -2.17. The first-order valence-corrected chi connectivity index (χ1v) is 4.47. The van der Waals surface area contributed by atoms with Gasteiger partial charge in [-0.05, 0) is 19.3 Å². The van der Waals surface area contributed by atoms with Crippen LogP contribution in [0, 0.1) is 0 Å². The van der Waals surface area contributed by atoms with Crippen molar-refractivity contribution in [1.29, 1.82) is 0 Å². The Hall–Kier alpha value is -1.30. The third-order valence-corrected chi connectivity index (χ3v) is 1.74. The number of hydrogen-bond donors (Lipinski definition) is 0. The number of aromatic nitrogens is 4. The number of ketones is 1. The van der Waals surface area contributed by atoms with Crippen LogP contribution in [0.5, 0.6) is 0 Å². The molecule has 6 heteroatoms. The van der Waals surface area contributed by atoms with Crippen LogP contribution in [0.25, 0.3) is 0 Å². The Kier molecular flexibility index (Phi) is 3.70. The summed E-state index contributed by atoms with van der Waals surface area (Å²) in [7, 11) is 5.56. The van der Waals surface area contributed by atoms with Gasteiger partial charge in [0.05, 0.1) is 13.5 Å². The monoisotopic (exact) mass is 197 g/mol. The zero-order valence-corrected chi connectivity index (χ0v) is 8.77. The number of rotatable bonds is 5. The molecule has 0 spiro atoms. The maximum Gasteiger partial charge on any atom is 0.182 e. The number of Topliss-reactive ketones (excluding diaryl/α,β-unsaturated/α-hetero) is 1. The molecule has 1 aromatic rings. The van der Waals surface area contributed by atoms with Crippen LogP contribution < -0.4 is 0 Å². The number of hydrogen-bond acceptors (Lipinski definition) is 5. The Morgan fingerprint density at radius 1 is 1.50 bits per heavy atom. The van der Waals surface area contributed by atoms with Crippen LogP contribution in [0.4, 0.5) is 0 Å². The quantitative estimate of drug-likeness (QED) is 0.623. The third-order valence-electron chi connectivity index (χ3n) is 1.74. The summed E-state index contributed by atoms with van der Waals surface area (Å²) in [5.74, 6) is 0.642. The first kappa shape index (κ1) is 10.8. The first-order valence-electron chi connectivity index (χ1n) is 4.47. The third kappa shape index (κ3) is 3.61. The highest BCUT2D eigenvalue weighted by Crippen LogP contribution is 1.94. The molecule has 14 heavy (non-hydrogen) atoms. The molecular formula is C8H15N5O. The van der Waals surface area contributed by atoms with Crippen molar-refractivity contribution >= 4 is 5.78 Å². The lowest BCUT2D eigenvalue weighted by molar-refractivity contribution is -0.118. The topological polar surface area (TPSA) is 63.9 Å². The van der Waals surface area contributed by atoms with E-state index < -0.39 is 0 Å². The van der Waals surface area contributed by atoms with Gasteiger partial charge in [0.15, 0.2) is 5.82 Å². The molecule has 0 fully saturated rings. The van der Waals surface area contributed by atoms with Crippen molar-refractivity contribution in [3.05, 3.63) is 5.82 Å². The number of aryl methyl sites for hydroxylation is 1. The number of tetrazole rings is 1. The molecule has 1 aromatic heterocycles. The molecule has 0 N–H and O–H groups in total. The van der Waals surface area contributed by atoms with Crippen molar-refractivity contribution in [1.82, 2.24) is 25.1 Å². The highest BCUT2D eigenvalue weighted by molar-refractivity contribution is 5.80. The summed E-state index contributed by atoms with van der Waals surface area (Å²) < 4.78 is 0. The minimum absolute atomic E-state index is 0.145. The summed E-state index contributed by atoms with van der Waals surface area (Å²) in [4.78, 5) is 14.7. The fraction of sp³-hybridized carbons (Fsp3) is 0.750. The van der Waals surface area contributed by atoms with E-state index in [1.54, 1.807) is 7.05 Å². The lowest BCUT2D eigenvalue weighted by atomic mass is 10.2. The Morgan fingerprint density at radius 3 is 2.71 bits per heavy atom. The van der Waals surface area contributed by atoms with E-state index >= 15 is 0 Å². The molecule has 6 nitrogen and oxygen atoms in total. The zero-order chi connectivity index (χ0) is 10.6. The smallest absolute Gasteiger partial charge is 0.182 e. The summed E-state index contributed by atoms with van der Waals surface area (Å²) in [6, 6.07) is 0. The highest BCUT2D eigenvalue weighted by Gasteiger charge is 2.08. The van der Waals surface area contributed by atoms with Gasteiger partial charge >= 0.3 is 0 Å². The van der Waals surface area contributed by atoms with Crippen molar-refractivity contribution in [2.24, 2.45) is 7.05 Å². The second-order valence-electron chi connectivity index (χ2n) is 3.46. The average molecular weight is 197 g/mol. The molecule has 0 aromatic carbocycles. The van der Waals surface area contributed by atoms with E-state index in [9.17, 15) is 4.79 Å². The molecule has 0 amide bonds. The summed E-state index contributed by atoms with van der Waals surface area (Å²) in [6.45, 7) is 0.763. The van der Waals surface area contributed by atoms with E-state index in [4.69, 9.17) is 0 Å². The van der Waals surface area contributed by atoms with Crippen LogP contribution in [0.15, 0.2) is 0 Å². The molecule has 0 aliphatic rings. The fourth-order valence-electron chi connectivity index (χ4n) is 1.01. The lowest BCUT2D eigenvalue weighted by Gasteiger charge is -2.06. The van der Waals surface area contributed by atoms with Crippen molar-refractivity contribution in [2.75, 3.05) is 20.6 Å². The largest absolute Gasteiger partial charge is 0.309 e. The van der Waals surface area contributed by atoms with Crippen molar-refractivity contribution in [3.8, 4) is 0 Å². The maximum atomic E-state index is 11.4. The van der Waals surface area contributed by atoms with Gasteiger partial charge in [0.25, 0.3) is 0 Å². The Morgan fingerprint density at radius 2 is 2.21 bits per heavy atom. The summed E-state index contributed by atoms with van der Waals surface area (Å²) in [5, 5.41) is 11.3. The highest BCUT2D eigenvalue weighted by atomic mass is 16.1. The summed E-state index contributed by atoms with van der Waals surface area (Å²) in [6.07, 6.45) is 0.812. The average Bonchev–Trinajstić information content (AvgIpc) is 2.48. The summed E-state index contributed by atoms with van der Waals surface area (Å²) >= 11 is 0. The van der Waals surface area contributed by atoms with E-state index in [1.165, 1.54) is 4.80 Å². The molecule has 78 valence electrons. The standard InChI is InChI=1S/C8H15N5O/c1-12(2)5-4-7(14)6-8-9-11-13(3)10-8/h4-6H2,1-3H3. The molecule has 0 saturated heterocycles. The molecule has 0 saturated carbocycles. The van der Waals surface area contributed by atoms with Gasteiger partial charge in [0.2, 0.25) is 0 Å². The van der Waals surface area contributed by atoms with Gasteiger partial charge < -0.3 is 4.90 Å². The number of nitrogens with zero attached hydrogens (tertiary/aromatic N) is 5. The van der Waals surface area contributed by atoms with Crippen LogP contribution in [0.2, 0.25) is 0 Å². The Balaban J connectivity index is 2.34. The molecule has 0 aliphatic heterocycles. The molecule has 0 aliphatic carbocycles. The molecule has 1 rings (SSSR count).